The van der Waals surface area contributed by atoms with Crippen LogP contribution in [-0.4, -0.2) is 36.8 Å². The van der Waals surface area contributed by atoms with Crippen LogP contribution in [0, 0.1) is 0 Å². The quantitative estimate of drug-likeness (QED) is 0.775. The van der Waals surface area contributed by atoms with E-state index in [4.69, 9.17) is 4.74 Å². The zero-order chi connectivity index (χ0) is 9.64. The average molecular weight is 215 g/mol. The van der Waals surface area contributed by atoms with Gasteiger partial charge in [-0.05, 0) is 37.9 Å². The Bertz CT molecular complexity index is 153. The Labute approximate surface area is 91.2 Å². The van der Waals surface area contributed by atoms with Crippen LogP contribution in [0.1, 0.15) is 32.1 Å². The zero-order valence-corrected chi connectivity index (χ0v) is 9.65. The molecule has 2 rings (SSSR count). The lowest BCUT2D eigenvalue weighted by Crippen LogP contribution is -2.34. The van der Waals surface area contributed by atoms with Gasteiger partial charge < -0.3 is 10.1 Å². The molecular weight excluding hydrogens is 194 g/mol. The van der Waals surface area contributed by atoms with Crippen molar-refractivity contribution < 1.29 is 4.74 Å². The van der Waals surface area contributed by atoms with E-state index in [2.05, 4.69) is 17.1 Å². The van der Waals surface area contributed by atoms with Crippen molar-refractivity contribution in [3.63, 3.8) is 0 Å². The van der Waals surface area contributed by atoms with Crippen molar-refractivity contribution in [3.8, 4) is 0 Å². The lowest BCUT2D eigenvalue weighted by molar-refractivity contribution is 0.0171. The minimum absolute atomic E-state index is 0.496. The van der Waals surface area contributed by atoms with Gasteiger partial charge in [-0.3, -0.25) is 0 Å². The highest BCUT2D eigenvalue weighted by atomic mass is 32.2. The van der Waals surface area contributed by atoms with Crippen LogP contribution >= 0.6 is 11.8 Å². The predicted molar refractivity (Wildman–Crippen MR) is 61.9 cm³/mol. The molecule has 2 unspecified atom stereocenters. The van der Waals surface area contributed by atoms with Crippen LogP contribution in [0.5, 0.6) is 0 Å². The standard InChI is InChI=1S/C11H21NOS/c1-2-6-13-10(4-1)8-12-9-11-5-3-7-14-11/h10-12H,1-9H2. The highest BCUT2D eigenvalue weighted by Gasteiger charge is 2.17. The Kier molecular flexibility index (Phi) is 4.61. The molecule has 0 aromatic heterocycles. The molecule has 2 saturated heterocycles. The fraction of sp³-hybridized carbons (Fsp3) is 1.00. The van der Waals surface area contributed by atoms with Crippen LogP contribution < -0.4 is 5.32 Å². The molecule has 0 aliphatic carbocycles. The molecule has 0 saturated carbocycles. The summed E-state index contributed by atoms with van der Waals surface area (Å²) in [6.45, 7) is 3.23. The Morgan fingerprint density at radius 1 is 1.14 bits per heavy atom. The number of hydrogen-bond acceptors (Lipinski definition) is 3. The molecule has 14 heavy (non-hydrogen) atoms. The second kappa shape index (κ2) is 5.99. The fourth-order valence-electron chi connectivity index (χ4n) is 2.18. The molecule has 0 bridgehead atoms. The van der Waals surface area contributed by atoms with E-state index in [1.165, 1.54) is 44.4 Å². The Balaban J connectivity index is 1.52. The second-order valence-corrected chi connectivity index (χ2v) is 5.69. The molecule has 0 aromatic carbocycles. The van der Waals surface area contributed by atoms with Gasteiger partial charge in [0.05, 0.1) is 6.10 Å². The third-order valence-corrected chi connectivity index (χ3v) is 4.44. The number of ether oxygens (including phenoxy) is 1. The van der Waals surface area contributed by atoms with Gasteiger partial charge in [0, 0.05) is 24.9 Å². The summed E-state index contributed by atoms with van der Waals surface area (Å²) in [6.07, 6.45) is 7.18. The number of nitrogens with one attached hydrogen (secondary N) is 1. The summed E-state index contributed by atoms with van der Waals surface area (Å²) in [5.41, 5.74) is 0. The highest BCUT2D eigenvalue weighted by Crippen LogP contribution is 2.25. The van der Waals surface area contributed by atoms with E-state index >= 15 is 0 Å². The molecule has 2 nitrogen and oxygen atoms in total. The smallest absolute Gasteiger partial charge is 0.0699 e. The lowest BCUT2D eigenvalue weighted by Gasteiger charge is -2.23. The van der Waals surface area contributed by atoms with Gasteiger partial charge in [0.25, 0.3) is 0 Å². The van der Waals surface area contributed by atoms with Gasteiger partial charge in [-0.2, -0.15) is 11.8 Å². The maximum absolute atomic E-state index is 5.67. The first-order chi connectivity index (χ1) is 6.95. The summed E-state index contributed by atoms with van der Waals surface area (Å²) >= 11 is 2.13. The molecule has 1 N–H and O–H groups in total. The van der Waals surface area contributed by atoms with E-state index in [1.807, 2.05) is 0 Å². The summed E-state index contributed by atoms with van der Waals surface area (Å²) in [7, 11) is 0. The van der Waals surface area contributed by atoms with Crippen molar-refractivity contribution in [1.82, 2.24) is 5.32 Å². The lowest BCUT2D eigenvalue weighted by atomic mass is 10.1. The van der Waals surface area contributed by atoms with Gasteiger partial charge in [-0.15, -0.1) is 0 Å². The SMILES string of the molecule is C1CCC(CNCC2CCCS2)OC1. The molecule has 0 amide bonds. The molecule has 0 aromatic rings. The van der Waals surface area contributed by atoms with E-state index < -0.39 is 0 Å². The second-order valence-electron chi connectivity index (χ2n) is 4.28. The number of hydrogen-bond donors (Lipinski definition) is 1. The minimum atomic E-state index is 0.496. The molecule has 0 radical (unpaired) electrons. The summed E-state index contributed by atoms with van der Waals surface area (Å²) in [5.74, 6) is 1.37. The maximum Gasteiger partial charge on any atom is 0.0699 e. The molecule has 3 heteroatoms. The predicted octanol–water partition coefficient (Wildman–Crippen LogP) is 2.04. The summed E-state index contributed by atoms with van der Waals surface area (Å²) in [5, 5.41) is 4.42. The summed E-state index contributed by atoms with van der Waals surface area (Å²) in [6, 6.07) is 0. The van der Waals surface area contributed by atoms with Gasteiger partial charge in [0.2, 0.25) is 0 Å². The van der Waals surface area contributed by atoms with Crippen molar-refractivity contribution in [2.24, 2.45) is 0 Å². The van der Waals surface area contributed by atoms with Gasteiger partial charge >= 0.3 is 0 Å². The van der Waals surface area contributed by atoms with E-state index in [9.17, 15) is 0 Å². The summed E-state index contributed by atoms with van der Waals surface area (Å²) < 4.78 is 5.67. The molecule has 2 heterocycles. The van der Waals surface area contributed by atoms with Crippen LogP contribution in [-0.2, 0) is 4.74 Å². The monoisotopic (exact) mass is 215 g/mol. The Morgan fingerprint density at radius 2 is 2.14 bits per heavy atom. The Hall–Kier alpha value is 0.270. The number of thioether (sulfide) groups is 1. The average Bonchev–Trinajstić information content (AvgIpc) is 2.72. The normalized spacial score (nSPS) is 33.4. The van der Waals surface area contributed by atoms with Crippen molar-refractivity contribution in [1.29, 1.82) is 0 Å². The molecule has 0 spiro atoms. The van der Waals surface area contributed by atoms with Gasteiger partial charge in [0.15, 0.2) is 0 Å². The van der Waals surface area contributed by atoms with Crippen LogP contribution in [0.25, 0.3) is 0 Å². The largest absolute Gasteiger partial charge is 0.377 e. The first-order valence-electron chi connectivity index (χ1n) is 5.89. The third-order valence-electron chi connectivity index (χ3n) is 3.04. The third kappa shape index (κ3) is 3.44. The fourth-order valence-corrected chi connectivity index (χ4v) is 3.41. The molecule has 2 aliphatic rings. The topological polar surface area (TPSA) is 21.3 Å². The van der Waals surface area contributed by atoms with Crippen LogP contribution in [0.3, 0.4) is 0 Å². The van der Waals surface area contributed by atoms with E-state index in [1.54, 1.807) is 0 Å². The molecular formula is C11H21NOS. The molecule has 82 valence electrons. The highest BCUT2D eigenvalue weighted by molar-refractivity contribution is 8.00. The minimum Gasteiger partial charge on any atom is -0.377 e. The maximum atomic E-state index is 5.67. The zero-order valence-electron chi connectivity index (χ0n) is 8.84. The molecule has 2 aliphatic heterocycles. The van der Waals surface area contributed by atoms with Crippen molar-refractivity contribution in [2.45, 2.75) is 43.5 Å². The van der Waals surface area contributed by atoms with Gasteiger partial charge in [0.1, 0.15) is 0 Å². The Morgan fingerprint density at radius 3 is 2.86 bits per heavy atom. The molecule has 2 atom stereocenters. The number of rotatable bonds is 4. The van der Waals surface area contributed by atoms with E-state index in [0.29, 0.717) is 6.10 Å². The van der Waals surface area contributed by atoms with Gasteiger partial charge in [-0.25, -0.2) is 0 Å². The summed E-state index contributed by atoms with van der Waals surface area (Å²) in [4.78, 5) is 0. The van der Waals surface area contributed by atoms with E-state index in [0.717, 1.165) is 18.4 Å². The van der Waals surface area contributed by atoms with Crippen LogP contribution in [0.15, 0.2) is 0 Å². The van der Waals surface area contributed by atoms with E-state index in [-0.39, 0.29) is 0 Å². The van der Waals surface area contributed by atoms with Crippen molar-refractivity contribution in [3.05, 3.63) is 0 Å². The molecule has 2 fully saturated rings. The van der Waals surface area contributed by atoms with Crippen LogP contribution in [0.4, 0.5) is 0 Å². The van der Waals surface area contributed by atoms with Crippen molar-refractivity contribution >= 4 is 11.8 Å². The first-order valence-corrected chi connectivity index (χ1v) is 6.94. The van der Waals surface area contributed by atoms with Crippen LogP contribution in [0.2, 0.25) is 0 Å². The van der Waals surface area contributed by atoms with Gasteiger partial charge in [-0.1, -0.05) is 0 Å². The van der Waals surface area contributed by atoms with Crippen molar-refractivity contribution in [2.75, 3.05) is 25.4 Å². The first kappa shape index (κ1) is 10.8.